The number of para-hydroxylation sites is 2. The van der Waals surface area contributed by atoms with E-state index < -0.39 is 5.91 Å². The second-order valence-electron chi connectivity index (χ2n) is 11.9. The number of nitrogens with two attached hydrogens (primary N) is 1. The van der Waals surface area contributed by atoms with Crippen molar-refractivity contribution in [3.05, 3.63) is 121 Å². The maximum atomic E-state index is 11.6. The van der Waals surface area contributed by atoms with Crippen LogP contribution >= 0.6 is 45.9 Å². The van der Waals surface area contributed by atoms with Gasteiger partial charge in [-0.1, -0.05) is 41.4 Å². The summed E-state index contributed by atoms with van der Waals surface area (Å²) in [6.45, 7) is 10.9. The van der Waals surface area contributed by atoms with E-state index in [0.717, 1.165) is 53.1 Å². The monoisotopic (exact) mass is 810 g/mol. The van der Waals surface area contributed by atoms with E-state index in [4.69, 9.17) is 53.8 Å². The lowest BCUT2D eigenvalue weighted by Gasteiger charge is -2.05. The minimum atomic E-state index is -0.616. The Labute approximate surface area is 331 Å². The average molecular weight is 812 g/mol. The molecule has 0 fully saturated rings. The molecule has 0 radical (unpaired) electrons. The number of carbonyl (C=O) groups is 1. The summed E-state index contributed by atoms with van der Waals surface area (Å²) in [5.41, 5.74) is 10.6. The molecule has 0 bridgehead atoms. The topological polar surface area (TPSA) is 170 Å². The van der Waals surface area contributed by atoms with Crippen LogP contribution in [-0.2, 0) is 12.8 Å². The molecular weight excluding hydrogens is 784 g/mol. The number of carbonyl (C=O) groups excluding carboxylic acids is 1. The van der Waals surface area contributed by atoms with Crippen LogP contribution in [0.4, 0.5) is 5.69 Å². The van der Waals surface area contributed by atoms with Gasteiger partial charge in [0.15, 0.2) is 0 Å². The number of benzene rings is 4. The minimum Gasteiger partial charge on any atom is -0.494 e. The fourth-order valence-electron chi connectivity index (χ4n) is 5.61. The van der Waals surface area contributed by atoms with Crippen LogP contribution in [0.25, 0.3) is 48.2 Å². The number of halogens is 2. The SMILES string of the molecule is COc1cccc2sc(Cc3nnc(-c4cc(C(N)=O)c(Cl)cc4C)o3)nc12.[C-]#[N+]c1cc(-c2nnc(Cc3nc4c(OC)cccc4s3)o2)c(C)cc1Cl. The molecule has 8 aromatic rings. The van der Waals surface area contributed by atoms with Gasteiger partial charge in [-0.2, -0.15) is 0 Å². The maximum Gasteiger partial charge on any atom is 0.250 e. The fourth-order valence-corrected chi connectivity index (χ4v) is 8.14. The lowest BCUT2D eigenvalue weighted by atomic mass is 10.0. The Balaban J connectivity index is 0.000000169. The van der Waals surface area contributed by atoms with Gasteiger partial charge in [0.1, 0.15) is 32.5 Å². The zero-order valence-electron chi connectivity index (χ0n) is 29.5. The number of hydrogen-bond donors (Lipinski definition) is 1. The van der Waals surface area contributed by atoms with E-state index in [0.29, 0.717) is 58.2 Å². The first-order chi connectivity index (χ1) is 26.5. The molecule has 4 aromatic heterocycles. The highest BCUT2D eigenvalue weighted by molar-refractivity contribution is 7.19. The number of aromatic nitrogens is 6. The first-order valence-corrected chi connectivity index (χ1v) is 18.7. The highest BCUT2D eigenvalue weighted by Gasteiger charge is 2.19. The number of thiazole rings is 2. The Kier molecular flexibility index (Phi) is 10.8. The van der Waals surface area contributed by atoms with Gasteiger partial charge in [0.05, 0.1) is 53.6 Å². The molecule has 55 heavy (non-hydrogen) atoms. The molecule has 0 atom stereocenters. The van der Waals surface area contributed by atoms with Crippen molar-refractivity contribution in [1.82, 2.24) is 30.4 Å². The largest absolute Gasteiger partial charge is 0.494 e. The van der Waals surface area contributed by atoms with Crippen LogP contribution in [0, 0.1) is 20.4 Å². The number of methoxy groups -OCH3 is 2. The van der Waals surface area contributed by atoms with Crippen LogP contribution in [-0.4, -0.2) is 50.5 Å². The van der Waals surface area contributed by atoms with Crippen molar-refractivity contribution >= 4 is 77.9 Å². The second-order valence-corrected chi connectivity index (χ2v) is 15.0. The highest BCUT2D eigenvalue weighted by Crippen LogP contribution is 2.35. The zero-order chi connectivity index (χ0) is 38.8. The number of fused-ring (bicyclic) bond motifs is 2. The normalized spacial score (nSPS) is 11.0. The van der Waals surface area contributed by atoms with E-state index in [1.54, 1.807) is 61.2 Å². The van der Waals surface area contributed by atoms with Crippen molar-refractivity contribution in [1.29, 1.82) is 0 Å². The molecule has 0 aliphatic carbocycles. The van der Waals surface area contributed by atoms with Crippen LogP contribution in [0.2, 0.25) is 10.0 Å². The van der Waals surface area contributed by atoms with Crippen LogP contribution in [0.15, 0.2) is 69.5 Å². The first-order valence-electron chi connectivity index (χ1n) is 16.3. The Morgan fingerprint density at radius 3 is 1.73 bits per heavy atom. The Bertz CT molecular complexity index is 2770. The smallest absolute Gasteiger partial charge is 0.250 e. The molecule has 1 amide bonds. The summed E-state index contributed by atoms with van der Waals surface area (Å²) in [5, 5.41) is 18.9. The van der Waals surface area contributed by atoms with Gasteiger partial charge < -0.3 is 24.0 Å². The molecule has 2 N–H and O–H groups in total. The Morgan fingerprint density at radius 2 is 1.25 bits per heavy atom. The van der Waals surface area contributed by atoms with E-state index in [1.807, 2.05) is 50.2 Å². The van der Waals surface area contributed by atoms with Crippen molar-refractivity contribution in [3.8, 4) is 34.4 Å². The van der Waals surface area contributed by atoms with Crippen molar-refractivity contribution < 1.29 is 23.1 Å². The van der Waals surface area contributed by atoms with E-state index >= 15 is 0 Å². The Hall–Kier alpha value is -5.92. The van der Waals surface area contributed by atoms with Gasteiger partial charge in [-0.15, -0.1) is 43.1 Å². The van der Waals surface area contributed by atoms with Gasteiger partial charge in [-0.3, -0.25) is 4.79 Å². The third-order valence-electron chi connectivity index (χ3n) is 8.29. The molecule has 4 heterocycles. The van der Waals surface area contributed by atoms with Gasteiger partial charge in [-0.25, -0.2) is 14.8 Å². The molecule has 0 unspecified atom stereocenters. The number of hydrogen-bond acceptors (Lipinski definition) is 13. The molecule has 17 heteroatoms. The molecule has 0 aliphatic rings. The van der Waals surface area contributed by atoms with Crippen LogP contribution in [0.3, 0.4) is 0 Å². The van der Waals surface area contributed by atoms with Crippen molar-refractivity contribution in [2.45, 2.75) is 26.7 Å². The summed E-state index contributed by atoms with van der Waals surface area (Å²) in [6.07, 6.45) is 0.822. The molecule has 4 aromatic carbocycles. The van der Waals surface area contributed by atoms with E-state index in [9.17, 15) is 4.79 Å². The molecular formula is C38H28Cl2N8O5S2. The van der Waals surface area contributed by atoms with E-state index in [-0.39, 0.29) is 10.6 Å². The number of nitrogens with zero attached hydrogens (tertiary/aromatic N) is 7. The molecule has 13 nitrogen and oxygen atoms in total. The van der Waals surface area contributed by atoms with Crippen molar-refractivity contribution in [2.75, 3.05) is 14.2 Å². The molecule has 0 saturated heterocycles. The fraction of sp³-hybridized carbons (Fsp3) is 0.158. The summed E-state index contributed by atoms with van der Waals surface area (Å²) in [6, 6.07) is 18.2. The number of aryl methyl sites for hydroxylation is 2. The minimum absolute atomic E-state index is 0.209. The number of amides is 1. The molecule has 276 valence electrons. The van der Waals surface area contributed by atoms with Gasteiger partial charge in [0.2, 0.25) is 35.2 Å². The molecule has 0 spiro atoms. The summed E-state index contributed by atoms with van der Waals surface area (Å²) in [7, 11) is 3.25. The van der Waals surface area contributed by atoms with Crippen LogP contribution in [0.5, 0.6) is 11.5 Å². The first kappa shape index (κ1) is 37.4. The van der Waals surface area contributed by atoms with Crippen LogP contribution in [0.1, 0.15) is 43.3 Å². The number of primary amides is 1. The maximum absolute atomic E-state index is 11.6. The lowest BCUT2D eigenvalue weighted by Crippen LogP contribution is -2.12. The summed E-state index contributed by atoms with van der Waals surface area (Å²) in [4.78, 5) is 24.2. The van der Waals surface area contributed by atoms with Crippen molar-refractivity contribution in [3.63, 3.8) is 0 Å². The summed E-state index contributed by atoms with van der Waals surface area (Å²) >= 11 is 15.2. The quantitative estimate of drug-likeness (QED) is 0.138. The molecule has 0 aliphatic heterocycles. The number of ether oxygens (including phenoxy) is 2. The third kappa shape index (κ3) is 7.84. The van der Waals surface area contributed by atoms with Crippen LogP contribution < -0.4 is 15.2 Å². The van der Waals surface area contributed by atoms with E-state index in [1.165, 1.54) is 0 Å². The predicted octanol–water partition coefficient (Wildman–Crippen LogP) is 9.46. The lowest BCUT2D eigenvalue weighted by molar-refractivity contribution is 0.100. The zero-order valence-corrected chi connectivity index (χ0v) is 32.7. The van der Waals surface area contributed by atoms with Gasteiger partial charge >= 0.3 is 0 Å². The molecule has 8 rings (SSSR count). The van der Waals surface area contributed by atoms with E-state index in [2.05, 4.69) is 35.2 Å². The highest BCUT2D eigenvalue weighted by atomic mass is 35.5. The summed E-state index contributed by atoms with van der Waals surface area (Å²) < 4.78 is 24.4. The van der Waals surface area contributed by atoms with Gasteiger partial charge in [0, 0.05) is 16.1 Å². The molecule has 0 saturated carbocycles. The standard InChI is InChI=1S/C19H15ClN4O3S.C19H13ClN4O2S/c1-9-6-12(20)11(18(21)25)7-10(9)19-24-23-15(27-19)8-16-22-17-13(26-2)4-3-5-14(17)28-16;1-10-7-12(20)13(21-2)8-11(10)19-24-23-16(26-19)9-17-22-18-14(25-3)5-4-6-15(18)27-17/h3-7H,8H2,1-2H3,(H2,21,25);4-8H,9H2,1,3H3. The summed E-state index contributed by atoms with van der Waals surface area (Å²) in [5.74, 6) is 2.39. The predicted molar refractivity (Wildman–Crippen MR) is 212 cm³/mol. The second kappa shape index (κ2) is 15.8. The Morgan fingerprint density at radius 1 is 0.764 bits per heavy atom. The van der Waals surface area contributed by atoms with Crippen molar-refractivity contribution in [2.24, 2.45) is 5.73 Å². The third-order valence-corrected chi connectivity index (χ3v) is 10.9. The van der Waals surface area contributed by atoms with Gasteiger partial charge in [0.25, 0.3) is 0 Å². The van der Waals surface area contributed by atoms with Gasteiger partial charge in [-0.05, 0) is 67.4 Å². The average Bonchev–Trinajstić information content (AvgIpc) is 3.98. The number of rotatable bonds is 9.